The third-order valence-electron chi connectivity index (χ3n) is 3.81. The van der Waals surface area contributed by atoms with Crippen LogP contribution in [0.5, 0.6) is 5.75 Å². The van der Waals surface area contributed by atoms with Crippen LogP contribution in [0.4, 0.5) is 0 Å². The van der Waals surface area contributed by atoms with Gasteiger partial charge in [-0.05, 0) is 68.6 Å². The summed E-state index contributed by atoms with van der Waals surface area (Å²) in [6, 6.07) is 16.7. The molecule has 0 saturated heterocycles. The lowest BCUT2D eigenvalue weighted by Crippen LogP contribution is -2.20. The van der Waals surface area contributed by atoms with E-state index in [4.69, 9.17) is 16.3 Å². The molecule has 0 aliphatic carbocycles. The monoisotopic (exact) mass is 317 g/mol. The molecule has 0 aromatic heterocycles. The summed E-state index contributed by atoms with van der Waals surface area (Å²) in [7, 11) is 2.01. The molecule has 0 saturated carbocycles. The van der Waals surface area contributed by atoms with Gasteiger partial charge in [-0.1, -0.05) is 35.9 Å². The Morgan fingerprint density at radius 1 is 1.09 bits per heavy atom. The summed E-state index contributed by atoms with van der Waals surface area (Å²) in [4.78, 5) is 0. The molecule has 2 rings (SSSR count). The molecule has 0 bridgehead atoms. The first kappa shape index (κ1) is 16.9. The van der Waals surface area contributed by atoms with Crippen molar-refractivity contribution in [1.29, 1.82) is 0 Å². The largest absolute Gasteiger partial charge is 0.489 e. The third kappa shape index (κ3) is 5.70. The van der Waals surface area contributed by atoms with Gasteiger partial charge in [-0.3, -0.25) is 0 Å². The zero-order chi connectivity index (χ0) is 15.8. The van der Waals surface area contributed by atoms with E-state index >= 15 is 0 Å². The summed E-state index contributed by atoms with van der Waals surface area (Å²) in [5, 5.41) is 4.01. The Hall–Kier alpha value is -1.51. The molecular formula is C19H24ClNO. The Morgan fingerprint density at radius 3 is 2.55 bits per heavy atom. The van der Waals surface area contributed by atoms with E-state index in [2.05, 4.69) is 24.4 Å². The van der Waals surface area contributed by atoms with Crippen LogP contribution >= 0.6 is 11.6 Å². The molecule has 0 aliphatic rings. The number of halogens is 1. The number of aryl methyl sites for hydroxylation is 1. The van der Waals surface area contributed by atoms with Crippen LogP contribution in [0.2, 0.25) is 5.02 Å². The van der Waals surface area contributed by atoms with Crippen molar-refractivity contribution >= 4 is 11.6 Å². The van der Waals surface area contributed by atoms with Crippen molar-refractivity contribution in [2.24, 2.45) is 0 Å². The van der Waals surface area contributed by atoms with E-state index in [1.807, 2.05) is 43.4 Å². The van der Waals surface area contributed by atoms with Gasteiger partial charge >= 0.3 is 0 Å². The number of ether oxygens (including phenoxy) is 1. The molecule has 2 aromatic rings. The Balaban J connectivity index is 1.79. The van der Waals surface area contributed by atoms with Crippen molar-refractivity contribution < 1.29 is 4.74 Å². The normalized spacial score (nSPS) is 12.1. The van der Waals surface area contributed by atoms with Gasteiger partial charge in [0.25, 0.3) is 0 Å². The van der Waals surface area contributed by atoms with E-state index in [0.717, 1.165) is 22.8 Å². The number of hydrogen-bond acceptors (Lipinski definition) is 2. The second-order valence-electron chi connectivity index (χ2n) is 5.64. The maximum Gasteiger partial charge on any atom is 0.119 e. The summed E-state index contributed by atoms with van der Waals surface area (Å²) in [6.07, 6.45) is 3.51. The molecule has 1 atom stereocenters. The smallest absolute Gasteiger partial charge is 0.119 e. The standard InChI is InChI=1S/C19H24ClNO/c1-15(21-2)5-3-6-16-9-11-19(12-10-16)22-14-17-7-4-8-18(20)13-17/h4,7-13,15,21H,3,5-6,14H2,1-2H3. The van der Waals surface area contributed by atoms with Crippen LogP contribution < -0.4 is 10.1 Å². The molecule has 22 heavy (non-hydrogen) atoms. The Morgan fingerprint density at radius 2 is 1.86 bits per heavy atom. The molecule has 3 heteroatoms. The van der Waals surface area contributed by atoms with Gasteiger partial charge < -0.3 is 10.1 Å². The summed E-state index contributed by atoms with van der Waals surface area (Å²) < 4.78 is 5.79. The van der Waals surface area contributed by atoms with Gasteiger partial charge in [-0.15, -0.1) is 0 Å². The van der Waals surface area contributed by atoms with Crippen molar-refractivity contribution in [2.45, 2.75) is 38.8 Å². The van der Waals surface area contributed by atoms with Crippen LogP contribution in [0.25, 0.3) is 0 Å². The number of nitrogens with one attached hydrogen (secondary N) is 1. The van der Waals surface area contributed by atoms with Crippen LogP contribution in [0.3, 0.4) is 0 Å². The lowest BCUT2D eigenvalue weighted by molar-refractivity contribution is 0.306. The van der Waals surface area contributed by atoms with E-state index in [9.17, 15) is 0 Å². The van der Waals surface area contributed by atoms with Crippen LogP contribution in [-0.2, 0) is 13.0 Å². The highest BCUT2D eigenvalue weighted by Crippen LogP contribution is 2.17. The van der Waals surface area contributed by atoms with Crippen molar-refractivity contribution in [1.82, 2.24) is 5.32 Å². The van der Waals surface area contributed by atoms with Crippen LogP contribution in [0.1, 0.15) is 30.9 Å². The fraction of sp³-hybridized carbons (Fsp3) is 0.368. The molecule has 2 aromatic carbocycles. The van der Waals surface area contributed by atoms with E-state index < -0.39 is 0 Å². The van der Waals surface area contributed by atoms with Gasteiger partial charge in [-0.25, -0.2) is 0 Å². The van der Waals surface area contributed by atoms with Gasteiger partial charge in [0.05, 0.1) is 0 Å². The number of hydrogen-bond donors (Lipinski definition) is 1. The van der Waals surface area contributed by atoms with Gasteiger partial charge in [0, 0.05) is 11.1 Å². The lowest BCUT2D eigenvalue weighted by atomic mass is 10.1. The minimum absolute atomic E-state index is 0.541. The molecule has 0 heterocycles. The zero-order valence-electron chi connectivity index (χ0n) is 13.3. The summed E-state index contributed by atoms with van der Waals surface area (Å²) >= 11 is 5.97. The molecule has 118 valence electrons. The first-order valence-corrected chi connectivity index (χ1v) is 8.18. The minimum atomic E-state index is 0.541. The van der Waals surface area contributed by atoms with Crippen molar-refractivity contribution in [3.05, 3.63) is 64.7 Å². The predicted octanol–water partition coefficient (Wildman–Crippen LogP) is 4.85. The number of rotatable bonds is 8. The van der Waals surface area contributed by atoms with Crippen molar-refractivity contribution in [3.63, 3.8) is 0 Å². The average molecular weight is 318 g/mol. The molecule has 1 unspecified atom stereocenters. The molecular weight excluding hydrogens is 294 g/mol. The van der Waals surface area contributed by atoms with Gasteiger partial charge in [0.1, 0.15) is 12.4 Å². The average Bonchev–Trinajstić information content (AvgIpc) is 2.54. The molecule has 0 fully saturated rings. The van der Waals surface area contributed by atoms with E-state index in [0.29, 0.717) is 12.6 Å². The predicted molar refractivity (Wildman–Crippen MR) is 93.7 cm³/mol. The zero-order valence-corrected chi connectivity index (χ0v) is 14.1. The van der Waals surface area contributed by atoms with E-state index in [1.54, 1.807) is 0 Å². The van der Waals surface area contributed by atoms with Crippen LogP contribution in [-0.4, -0.2) is 13.1 Å². The van der Waals surface area contributed by atoms with E-state index in [1.165, 1.54) is 18.4 Å². The molecule has 1 N–H and O–H groups in total. The topological polar surface area (TPSA) is 21.3 Å². The summed E-state index contributed by atoms with van der Waals surface area (Å²) in [6.45, 7) is 2.76. The Labute approximate surface area is 138 Å². The highest BCUT2D eigenvalue weighted by Gasteiger charge is 2.01. The molecule has 0 amide bonds. The fourth-order valence-corrected chi connectivity index (χ4v) is 2.52. The molecule has 0 radical (unpaired) electrons. The fourth-order valence-electron chi connectivity index (χ4n) is 2.30. The second-order valence-corrected chi connectivity index (χ2v) is 6.08. The first-order valence-electron chi connectivity index (χ1n) is 7.81. The van der Waals surface area contributed by atoms with E-state index in [-0.39, 0.29) is 0 Å². The molecule has 2 nitrogen and oxygen atoms in total. The van der Waals surface area contributed by atoms with Crippen molar-refractivity contribution in [2.75, 3.05) is 7.05 Å². The number of benzene rings is 2. The molecule has 0 spiro atoms. The van der Waals surface area contributed by atoms with Gasteiger partial charge in [-0.2, -0.15) is 0 Å². The second kappa shape index (κ2) is 8.82. The van der Waals surface area contributed by atoms with Crippen molar-refractivity contribution in [3.8, 4) is 5.75 Å². The highest BCUT2D eigenvalue weighted by molar-refractivity contribution is 6.30. The summed E-state index contributed by atoms with van der Waals surface area (Å²) in [5.41, 5.74) is 2.44. The highest BCUT2D eigenvalue weighted by atomic mass is 35.5. The SMILES string of the molecule is CNC(C)CCCc1ccc(OCc2cccc(Cl)c2)cc1. The summed E-state index contributed by atoms with van der Waals surface area (Å²) in [5.74, 6) is 0.896. The lowest BCUT2D eigenvalue weighted by Gasteiger charge is -2.10. The minimum Gasteiger partial charge on any atom is -0.489 e. The third-order valence-corrected chi connectivity index (χ3v) is 4.05. The quantitative estimate of drug-likeness (QED) is 0.751. The maximum absolute atomic E-state index is 5.97. The Kier molecular flexibility index (Phi) is 6.75. The first-order chi connectivity index (χ1) is 10.7. The molecule has 0 aliphatic heterocycles. The van der Waals surface area contributed by atoms with Crippen LogP contribution in [0.15, 0.2) is 48.5 Å². The van der Waals surface area contributed by atoms with Crippen LogP contribution in [0, 0.1) is 0 Å². The van der Waals surface area contributed by atoms with Gasteiger partial charge in [0.2, 0.25) is 0 Å². The Bertz CT molecular complexity index is 568. The van der Waals surface area contributed by atoms with Gasteiger partial charge in [0.15, 0.2) is 0 Å². The maximum atomic E-state index is 5.97.